The zero-order chi connectivity index (χ0) is 29.1. The van der Waals surface area contributed by atoms with Crippen LogP contribution >= 0.6 is 11.3 Å². The second-order valence-corrected chi connectivity index (χ2v) is 10.2. The fourth-order valence-corrected chi connectivity index (χ4v) is 5.41. The van der Waals surface area contributed by atoms with Crippen molar-refractivity contribution in [2.24, 2.45) is 0 Å². The van der Waals surface area contributed by atoms with E-state index in [1.165, 1.54) is 12.3 Å². The molecule has 0 saturated carbocycles. The Hall–Kier alpha value is -4.96. The van der Waals surface area contributed by atoms with Crippen molar-refractivity contribution in [2.75, 3.05) is 11.5 Å². The molecule has 0 aliphatic carbocycles. The van der Waals surface area contributed by atoms with Crippen LogP contribution in [0.4, 0.5) is 5.13 Å². The largest absolute Gasteiger partial charge is 0.507 e. The Morgan fingerprint density at radius 2 is 1.88 bits per heavy atom. The van der Waals surface area contributed by atoms with Crippen LogP contribution < -0.4 is 9.64 Å². The van der Waals surface area contributed by atoms with Gasteiger partial charge in [-0.15, -0.1) is 0 Å². The third kappa shape index (κ3) is 5.42. The van der Waals surface area contributed by atoms with Gasteiger partial charge in [0.05, 0.1) is 17.5 Å². The molecule has 10 heteroatoms. The van der Waals surface area contributed by atoms with Gasteiger partial charge >= 0.3 is 11.9 Å². The summed E-state index contributed by atoms with van der Waals surface area (Å²) in [7, 11) is 0. The van der Waals surface area contributed by atoms with Gasteiger partial charge in [-0.2, -0.15) is 0 Å². The highest BCUT2D eigenvalue weighted by Crippen LogP contribution is 2.44. The summed E-state index contributed by atoms with van der Waals surface area (Å²) in [6.45, 7) is 7.52. The predicted octanol–water partition coefficient (Wildman–Crippen LogP) is 5.90. The predicted molar refractivity (Wildman–Crippen MR) is 153 cm³/mol. The molecule has 1 amide bonds. The van der Waals surface area contributed by atoms with Crippen LogP contribution in [-0.4, -0.2) is 34.4 Å². The van der Waals surface area contributed by atoms with E-state index in [1.807, 2.05) is 31.2 Å². The Morgan fingerprint density at radius 1 is 1.12 bits per heavy atom. The van der Waals surface area contributed by atoms with Crippen molar-refractivity contribution in [3.05, 3.63) is 118 Å². The lowest BCUT2D eigenvalue weighted by Gasteiger charge is -2.20. The molecule has 2 aromatic heterocycles. The van der Waals surface area contributed by atoms with E-state index in [0.717, 1.165) is 27.4 Å². The van der Waals surface area contributed by atoms with Crippen molar-refractivity contribution in [1.29, 1.82) is 0 Å². The minimum atomic E-state index is -1.11. The number of aryl methyl sites for hydroxylation is 2. The van der Waals surface area contributed by atoms with Crippen molar-refractivity contribution in [3.63, 3.8) is 0 Å². The van der Waals surface area contributed by atoms with E-state index in [9.17, 15) is 19.5 Å². The van der Waals surface area contributed by atoms with Crippen LogP contribution in [0.1, 0.15) is 43.9 Å². The molecule has 1 saturated heterocycles. The molecule has 0 spiro atoms. The lowest BCUT2D eigenvalue weighted by Crippen LogP contribution is -2.29. The Bertz CT molecular complexity index is 1650. The zero-order valence-electron chi connectivity index (χ0n) is 22.3. The Balaban J connectivity index is 1.48. The molecule has 0 radical (unpaired) electrons. The molecule has 1 atom stereocenters. The van der Waals surface area contributed by atoms with Crippen LogP contribution in [0.3, 0.4) is 0 Å². The van der Waals surface area contributed by atoms with Crippen LogP contribution in [0.15, 0.2) is 89.6 Å². The second-order valence-electron chi connectivity index (χ2n) is 9.22. The minimum absolute atomic E-state index is 0.0120. The number of anilines is 1. The van der Waals surface area contributed by atoms with E-state index in [1.54, 1.807) is 43.3 Å². The second kappa shape index (κ2) is 11.6. The SMILES string of the molecule is C=CCOC(=O)c1sc(N2C(=O)C(=O)C(=C(O)c3ccc(OCc4ccccc4C)cc3)C2c2ccco2)nc1C. The highest BCUT2D eigenvalue weighted by atomic mass is 32.1. The van der Waals surface area contributed by atoms with Gasteiger partial charge in [0, 0.05) is 5.56 Å². The van der Waals surface area contributed by atoms with Gasteiger partial charge in [0.15, 0.2) is 5.13 Å². The quantitative estimate of drug-likeness (QED) is 0.0869. The van der Waals surface area contributed by atoms with E-state index in [4.69, 9.17) is 13.9 Å². The minimum Gasteiger partial charge on any atom is -0.507 e. The van der Waals surface area contributed by atoms with Crippen LogP contribution in [-0.2, 0) is 20.9 Å². The lowest BCUT2D eigenvalue weighted by molar-refractivity contribution is -0.132. The highest BCUT2D eigenvalue weighted by Gasteiger charge is 2.49. The molecule has 5 rings (SSSR count). The normalized spacial score (nSPS) is 16.1. The van der Waals surface area contributed by atoms with Crippen molar-refractivity contribution < 1.29 is 33.4 Å². The maximum Gasteiger partial charge on any atom is 0.350 e. The van der Waals surface area contributed by atoms with Crippen LogP contribution in [0.5, 0.6) is 5.75 Å². The smallest absolute Gasteiger partial charge is 0.350 e. The number of furan rings is 1. The fraction of sp³-hybridized carbons (Fsp3) is 0.161. The van der Waals surface area contributed by atoms with Crippen LogP contribution in [0.2, 0.25) is 0 Å². The summed E-state index contributed by atoms with van der Waals surface area (Å²) >= 11 is 0.909. The van der Waals surface area contributed by atoms with Gasteiger partial charge in [0.2, 0.25) is 0 Å². The van der Waals surface area contributed by atoms with Gasteiger partial charge in [-0.3, -0.25) is 14.5 Å². The summed E-state index contributed by atoms with van der Waals surface area (Å²) in [5, 5.41) is 11.4. The van der Waals surface area contributed by atoms with E-state index in [2.05, 4.69) is 11.6 Å². The van der Waals surface area contributed by atoms with Crippen molar-refractivity contribution >= 4 is 39.9 Å². The first-order valence-corrected chi connectivity index (χ1v) is 13.5. The number of thiazole rings is 1. The van der Waals surface area contributed by atoms with E-state index in [-0.39, 0.29) is 33.7 Å². The molecule has 1 aliphatic heterocycles. The van der Waals surface area contributed by atoms with E-state index in [0.29, 0.717) is 23.6 Å². The van der Waals surface area contributed by atoms with Crippen LogP contribution in [0.25, 0.3) is 5.76 Å². The van der Waals surface area contributed by atoms with Gasteiger partial charge in [-0.1, -0.05) is 48.3 Å². The number of hydrogen-bond donors (Lipinski definition) is 1. The number of aromatic nitrogens is 1. The molecular weight excluding hydrogens is 544 g/mol. The molecule has 0 bridgehead atoms. The Labute approximate surface area is 240 Å². The number of carbonyl (C=O) groups excluding carboxylic acids is 3. The topological polar surface area (TPSA) is 119 Å². The summed E-state index contributed by atoms with van der Waals surface area (Å²) in [5.41, 5.74) is 2.64. The van der Waals surface area contributed by atoms with E-state index < -0.39 is 23.7 Å². The van der Waals surface area contributed by atoms with Crippen molar-refractivity contribution in [2.45, 2.75) is 26.5 Å². The number of esters is 1. The highest BCUT2D eigenvalue weighted by molar-refractivity contribution is 7.17. The molecule has 1 fully saturated rings. The maximum absolute atomic E-state index is 13.3. The van der Waals surface area contributed by atoms with Gasteiger partial charge in [-0.05, 0) is 61.4 Å². The zero-order valence-corrected chi connectivity index (χ0v) is 23.1. The third-order valence-electron chi connectivity index (χ3n) is 6.55. The van der Waals surface area contributed by atoms with Gasteiger partial charge in [0.1, 0.15) is 41.4 Å². The summed E-state index contributed by atoms with van der Waals surface area (Å²) in [5.74, 6) is -2.01. The number of rotatable bonds is 9. The van der Waals surface area contributed by atoms with Gasteiger partial charge in [0.25, 0.3) is 5.78 Å². The summed E-state index contributed by atoms with van der Waals surface area (Å²) in [6.07, 6.45) is 2.84. The molecule has 208 valence electrons. The fourth-order valence-electron chi connectivity index (χ4n) is 4.42. The first kappa shape index (κ1) is 27.6. The number of ether oxygens (including phenoxy) is 2. The van der Waals surface area contributed by atoms with Gasteiger partial charge < -0.3 is 19.0 Å². The molecule has 1 unspecified atom stereocenters. The van der Waals surface area contributed by atoms with Crippen molar-refractivity contribution in [1.82, 2.24) is 4.98 Å². The number of aliphatic hydroxyl groups excluding tert-OH is 1. The first-order chi connectivity index (χ1) is 19.8. The van der Waals surface area contributed by atoms with Crippen molar-refractivity contribution in [3.8, 4) is 5.75 Å². The molecule has 3 heterocycles. The Kier molecular flexibility index (Phi) is 7.84. The summed E-state index contributed by atoms with van der Waals surface area (Å²) in [6, 6.07) is 16.6. The number of benzene rings is 2. The maximum atomic E-state index is 13.3. The standard InChI is InChI=1S/C31H26N2O7S/c1-4-15-39-30(37)28-19(3)32-31(41-28)33-25(23-10-7-16-38-23)24(27(35)29(33)36)26(34)20-11-13-22(14-12-20)40-17-21-9-6-5-8-18(21)2/h4-14,16,25,34H,1,15,17H2,2-3H3. The molecule has 2 aromatic carbocycles. The number of amides is 1. The number of aliphatic hydroxyl groups is 1. The molecule has 4 aromatic rings. The lowest BCUT2D eigenvalue weighted by atomic mass is 9.99. The Morgan fingerprint density at radius 3 is 2.56 bits per heavy atom. The third-order valence-corrected chi connectivity index (χ3v) is 7.69. The van der Waals surface area contributed by atoms with E-state index >= 15 is 0 Å². The number of hydrogen-bond acceptors (Lipinski definition) is 9. The van der Waals surface area contributed by atoms with Gasteiger partial charge in [-0.25, -0.2) is 9.78 Å². The molecule has 9 nitrogen and oxygen atoms in total. The van der Waals surface area contributed by atoms with Crippen LogP contribution in [0, 0.1) is 13.8 Å². The number of ketones is 1. The number of nitrogens with zero attached hydrogens (tertiary/aromatic N) is 2. The monoisotopic (exact) mass is 570 g/mol. The average molecular weight is 571 g/mol. The summed E-state index contributed by atoms with van der Waals surface area (Å²) < 4.78 is 16.6. The molecule has 41 heavy (non-hydrogen) atoms. The average Bonchev–Trinajstić information content (AvgIpc) is 3.70. The molecule has 1 N–H and O–H groups in total. The number of Topliss-reactive ketones (excluding diaryl/α,β-unsaturated/α-hetero) is 1. The molecule has 1 aliphatic rings. The summed E-state index contributed by atoms with van der Waals surface area (Å²) in [4.78, 5) is 44.8. The number of carbonyl (C=O) groups is 3. The first-order valence-electron chi connectivity index (χ1n) is 12.7. The molecular formula is C31H26N2O7S.